The molecule has 19 heavy (non-hydrogen) atoms. The van der Waals surface area contributed by atoms with Gasteiger partial charge in [-0.15, -0.1) is 0 Å². The van der Waals surface area contributed by atoms with Crippen LogP contribution in [-0.2, 0) is 21.3 Å². The molecule has 0 aliphatic carbocycles. The van der Waals surface area contributed by atoms with Crippen LogP contribution < -0.4 is 10.0 Å². The van der Waals surface area contributed by atoms with Crippen LogP contribution in [0.15, 0.2) is 23.1 Å². The van der Waals surface area contributed by atoms with Crippen LogP contribution in [-0.4, -0.2) is 35.7 Å². The lowest BCUT2D eigenvalue weighted by Crippen LogP contribution is -2.25. The summed E-state index contributed by atoms with van der Waals surface area (Å²) in [6, 6.07) is 3.76. The second-order valence-corrected chi connectivity index (χ2v) is 5.79. The molecule has 0 atom stereocenters. The summed E-state index contributed by atoms with van der Waals surface area (Å²) < 4.78 is 44.6. The van der Waals surface area contributed by atoms with E-state index < -0.39 is 15.8 Å². The van der Waals surface area contributed by atoms with E-state index in [-0.39, 0.29) is 18.0 Å². The molecule has 0 saturated carbocycles. The molecule has 1 aromatic carbocycles. The first kappa shape index (κ1) is 16.0. The van der Waals surface area contributed by atoms with Crippen LogP contribution in [0.1, 0.15) is 12.0 Å². The maximum absolute atomic E-state index is 13.4. The van der Waals surface area contributed by atoms with Gasteiger partial charge in [0.15, 0.2) is 0 Å². The molecule has 0 heterocycles. The van der Waals surface area contributed by atoms with Crippen molar-refractivity contribution in [1.82, 2.24) is 10.0 Å². The molecule has 0 radical (unpaired) electrons. The van der Waals surface area contributed by atoms with Crippen LogP contribution in [0.2, 0.25) is 0 Å². The van der Waals surface area contributed by atoms with Gasteiger partial charge in [-0.1, -0.05) is 0 Å². The maximum Gasteiger partial charge on any atom is 0.240 e. The van der Waals surface area contributed by atoms with Crippen LogP contribution in [0.25, 0.3) is 0 Å². The van der Waals surface area contributed by atoms with Gasteiger partial charge in [-0.3, -0.25) is 0 Å². The molecule has 0 bridgehead atoms. The van der Waals surface area contributed by atoms with Gasteiger partial charge in [-0.25, -0.2) is 17.5 Å². The monoisotopic (exact) mass is 290 g/mol. The van der Waals surface area contributed by atoms with Gasteiger partial charge in [0.05, 0.1) is 4.90 Å². The van der Waals surface area contributed by atoms with E-state index in [2.05, 4.69) is 10.0 Å². The predicted octanol–water partition coefficient (Wildman–Crippen LogP) is 0.860. The highest BCUT2D eigenvalue weighted by Gasteiger charge is 2.15. The summed E-state index contributed by atoms with van der Waals surface area (Å²) in [4.78, 5) is 0.0663. The molecule has 0 aliphatic heterocycles. The third-order valence-corrected chi connectivity index (χ3v) is 3.97. The number of hydrogen-bond donors (Lipinski definition) is 2. The lowest BCUT2D eigenvalue weighted by atomic mass is 10.2. The summed E-state index contributed by atoms with van der Waals surface area (Å²) in [6.07, 6.45) is 0.584. The van der Waals surface area contributed by atoms with E-state index in [1.54, 1.807) is 14.2 Å². The van der Waals surface area contributed by atoms with Crippen LogP contribution >= 0.6 is 0 Å². The fourth-order valence-electron chi connectivity index (χ4n) is 1.55. The SMILES string of the molecule is CNCc1cc(S(=O)(=O)NCCCOC)ccc1F. The third-order valence-electron chi connectivity index (χ3n) is 2.51. The van der Waals surface area contributed by atoms with Gasteiger partial charge in [0, 0.05) is 32.4 Å². The van der Waals surface area contributed by atoms with Crippen LogP contribution in [0.4, 0.5) is 4.39 Å². The third kappa shape index (κ3) is 4.87. The van der Waals surface area contributed by atoms with Gasteiger partial charge in [-0.05, 0) is 31.7 Å². The number of hydrogen-bond acceptors (Lipinski definition) is 4. The van der Waals surface area contributed by atoms with E-state index in [4.69, 9.17) is 4.74 Å². The van der Waals surface area contributed by atoms with E-state index >= 15 is 0 Å². The zero-order valence-electron chi connectivity index (χ0n) is 11.1. The average molecular weight is 290 g/mol. The normalized spacial score (nSPS) is 11.7. The molecule has 0 spiro atoms. The van der Waals surface area contributed by atoms with E-state index in [1.807, 2.05) is 0 Å². The van der Waals surface area contributed by atoms with Crippen molar-refractivity contribution in [2.45, 2.75) is 17.9 Å². The molecule has 0 aliphatic rings. The Morgan fingerprint density at radius 2 is 2.11 bits per heavy atom. The van der Waals surface area contributed by atoms with Crippen molar-refractivity contribution in [1.29, 1.82) is 0 Å². The van der Waals surface area contributed by atoms with Gasteiger partial charge < -0.3 is 10.1 Å². The first-order valence-corrected chi connectivity index (χ1v) is 7.41. The molecule has 0 saturated heterocycles. The second-order valence-electron chi connectivity index (χ2n) is 4.03. The zero-order chi connectivity index (χ0) is 14.3. The Labute approximate surface area is 113 Å². The highest BCUT2D eigenvalue weighted by molar-refractivity contribution is 7.89. The van der Waals surface area contributed by atoms with Crippen LogP contribution in [0.5, 0.6) is 0 Å². The number of benzene rings is 1. The number of ether oxygens (including phenoxy) is 1. The Hall–Kier alpha value is -1.02. The minimum Gasteiger partial charge on any atom is -0.385 e. The summed E-state index contributed by atoms with van der Waals surface area (Å²) >= 11 is 0. The molecule has 0 unspecified atom stereocenters. The quantitative estimate of drug-likeness (QED) is 0.697. The molecular weight excluding hydrogens is 271 g/mol. The van der Waals surface area contributed by atoms with E-state index in [0.29, 0.717) is 18.6 Å². The Bertz CT molecular complexity index is 506. The number of rotatable bonds is 8. The molecule has 0 fully saturated rings. The van der Waals surface area contributed by atoms with E-state index in [9.17, 15) is 12.8 Å². The Kier molecular flexibility index (Phi) is 6.36. The van der Waals surface area contributed by atoms with Crippen LogP contribution in [0.3, 0.4) is 0 Å². The summed E-state index contributed by atoms with van der Waals surface area (Å²) in [5.74, 6) is -0.423. The summed E-state index contributed by atoms with van der Waals surface area (Å²) in [7, 11) is -0.374. The van der Waals surface area contributed by atoms with Crippen LogP contribution in [0, 0.1) is 5.82 Å². The number of methoxy groups -OCH3 is 1. The Balaban J connectivity index is 2.80. The minimum absolute atomic E-state index is 0.0663. The second kappa shape index (κ2) is 7.54. The molecule has 1 rings (SSSR count). The molecule has 0 amide bonds. The minimum atomic E-state index is -3.60. The highest BCUT2D eigenvalue weighted by atomic mass is 32.2. The fourth-order valence-corrected chi connectivity index (χ4v) is 2.67. The van der Waals surface area contributed by atoms with E-state index in [0.717, 1.165) is 6.07 Å². The summed E-state index contributed by atoms with van der Waals surface area (Å²) in [6.45, 7) is 1.05. The smallest absolute Gasteiger partial charge is 0.240 e. The largest absolute Gasteiger partial charge is 0.385 e. The number of nitrogens with one attached hydrogen (secondary N) is 2. The van der Waals surface area contributed by atoms with Crippen molar-refractivity contribution in [3.63, 3.8) is 0 Å². The molecule has 7 heteroatoms. The molecule has 2 N–H and O–H groups in total. The number of sulfonamides is 1. The lowest BCUT2D eigenvalue weighted by Gasteiger charge is -2.09. The number of halogens is 1. The average Bonchev–Trinajstić information content (AvgIpc) is 2.37. The van der Waals surface area contributed by atoms with Crippen molar-refractivity contribution < 1.29 is 17.5 Å². The first-order chi connectivity index (χ1) is 9.01. The summed E-state index contributed by atoms with van der Waals surface area (Å²) in [5.41, 5.74) is 0.322. The topological polar surface area (TPSA) is 67.4 Å². The maximum atomic E-state index is 13.4. The molecular formula is C12H19FN2O3S. The van der Waals surface area contributed by atoms with Crippen molar-refractivity contribution in [3.8, 4) is 0 Å². The van der Waals surface area contributed by atoms with E-state index in [1.165, 1.54) is 12.1 Å². The molecule has 0 aromatic heterocycles. The Morgan fingerprint density at radius 3 is 2.74 bits per heavy atom. The van der Waals surface area contributed by atoms with Crippen molar-refractivity contribution >= 4 is 10.0 Å². The highest BCUT2D eigenvalue weighted by Crippen LogP contribution is 2.15. The zero-order valence-corrected chi connectivity index (χ0v) is 11.9. The predicted molar refractivity (Wildman–Crippen MR) is 70.8 cm³/mol. The molecule has 108 valence electrons. The van der Waals surface area contributed by atoms with Crippen molar-refractivity contribution in [3.05, 3.63) is 29.6 Å². The fraction of sp³-hybridized carbons (Fsp3) is 0.500. The van der Waals surface area contributed by atoms with Gasteiger partial charge >= 0.3 is 0 Å². The van der Waals surface area contributed by atoms with Gasteiger partial charge in [0.2, 0.25) is 10.0 Å². The van der Waals surface area contributed by atoms with Crippen molar-refractivity contribution in [2.75, 3.05) is 27.3 Å². The molecule has 5 nitrogen and oxygen atoms in total. The van der Waals surface area contributed by atoms with Crippen molar-refractivity contribution in [2.24, 2.45) is 0 Å². The first-order valence-electron chi connectivity index (χ1n) is 5.93. The standard InChI is InChI=1S/C12H19FN2O3S/c1-14-9-10-8-11(4-5-12(10)13)19(16,17)15-6-3-7-18-2/h4-5,8,14-15H,3,6-7,9H2,1-2H3. The van der Waals surface area contributed by atoms with Gasteiger partial charge in [-0.2, -0.15) is 0 Å². The molecule has 1 aromatic rings. The van der Waals surface area contributed by atoms with Gasteiger partial charge in [0.25, 0.3) is 0 Å². The Morgan fingerprint density at radius 1 is 1.37 bits per heavy atom. The summed E-state index contributed by atoms with van der Waals surface area (Å²) in [5, 5.41) is 2.79. The van der Waals surface area contributed by atoms with Gasteiger partial charge in [0.1, 0.15) is 5.82 Å². The lowest BCUT2D eigenvalue weighted by molar-refractivity contribution is 0.196.